The molecular formula is C14H23NO. The Morgan fingerprint density at radius 3 is 2.69 bits per heavy atom. The molecule has 2 nitrogen and oxygen atoms in total. The average molecular weight is 221 g/mol. The molecule has 0 heterocycles. The Balaban J connectivity index is 2.31. The second-order valence-corrected chi connectivity index (χ2v) is 4.07. The Labute approximate surface area is 99.0 Å². The van der Waals surface area contributed by atoms with Crippen molar-refractivity contribution in [2.45, 2.75) is 39.7 Å². The standard InChI is InChI=1S/C14H23NO/c1-4-12(3)15-10-11-16-14-9-7-6-8-13(14)5-2/h6-9,12,15H,4-5,10-11H2,1-3H3. The highest BCUT2D eigenvalue weighted by Gasteiger charge is 2.00. The minimum absolute atomic E-state index is 0.574. The van der Waals surface area contributed by atoms with Crippen LogP contribution in [0.4, 0.5) is 0 Å². The molecule has 0 aliphatic rings. The number of ether oxygens (including phenoxy) is 1. The molecule has 16 heavy (non-hydrogen) atoms. The van der Waals surface area contributed by atoms with E-state index in [9.17, 15) is 0 Å². The summed E-state index contributed by atoms with van der Waals surface area (Å²) in [6, 6.07) is 8.82. The van der Waals surface area contributed by atoms with Crippen molar-refractivity contribution in [3.05, 3.63) is 29.8 Å². The molecule has 1 rings (SSSR count). The Bertz CT molecular complexity index is 299. The van der Waals surface area contributed by atoms with E-state index in [1.54, 1.807) is 0 Å². The predicted molar refractivity (Wildman–Crippen MR) is 69.1 cm³/mol. The zero-order valence-electron chi connectivity index (χ0n) is 10.6. The molecule has 0 aliphatic carbocycles. The first-order chi connectivity index (χ1) is 7.77. The number of aryl methyl sites for hydroxylation is 1. The molecule has 1 N–H and O–H groups in total. The minimum atomic E-state index is 0.574. The van der Waals surface area contributed by atoms with Crippen molar-refractivity contribution in [2.24, 2.45) is 0 Å². The van der Waals surface area contributed by atoms with Crippen LogP contribution in [-0.2, 0) is 6.42 Å². The highest BCUT2D eigenvalue weighted by molar-refractivity contribution is 5.33. The smallest absolute Gasteiger partial charge is 0.122 e. The van der Waals surface area contributed by atoms with Gasteiger partial charge < -0.3 is 10.1 Å². The van der Waals surface area contributed by atoms with Gasteiger partial charge in [-0.1, -0.05) is 32.0 Å². The van der Waals surface area contributed by atoms with E-state index in [4.69, 9.17) is 4.74 Å². The van der Waals surface area contributed by atoms with Gasteiger partial charge in [0.25, 0.3) is 0 Å². The zero-order valence-corrected chi connectivity index (χ0v) is 10.6. The van der Waals surface area contributed by atoms with E-state index in [-0.39, 0.29) is 0 Å². The first-order valence-electron chi connectivity index (χ1n) is 6.22. The van der Waals surface area contributed by atoms with Gasteiger partial charge in [0, 0.05) is 12.6 Å². The highest BCUT2D eigenvalue weighted by Crippen LogP contribution is 2.17. The van der Waals surface area contributed by atoms with Gasteiger partial charge in [-0.25, -0.2) is 0 Å². The quantitative estimate of drug-likeness (QED) is 0.715. The molecule has 0 fully saturated rings. The van der Waals surface area contributed by atoms with Crippen LogP contribution in [0.3, 0.4) is 0 Å². The lowest BCUT2D eigenvalue weighted by molar-refractivity contribution is 0.303. The molecule has 2 heteroatoms. The zero-order chi connectivity index (χ0) is 11.8. The molecule has 0 aromatic heterocycles. The van der Waals surface area contributed by atoms with Crippen LogP contribution in [0.2, 0.25) is 0 Å². The number of hydrogen-bond donors (Lipinski definition) is 1. The van der Waals surface area contributed by atoms with Crippen molar-refractivity contribution in [2.75, 3.05) is 13.2 Å². The summed E-state index contributed by atoms with van der Waals surface area (Å²) in [5.74, 6) is 1.02. The van der Waals surface area contributed by atoms with E-state index in [1.807, 2.05) is 12.1 Å². The largest absolute Gasteiger partial charge is 0.492 e. The van der Waals surface area contributed by atoms with Crippen molar-refractivity contribution in [1.82, 2.24) is 5.32 Å². The lowest BCUT2D eigenvalue weighted by atomic mass is 10.1. The summed E-state index contributed by atoms with van der Waals surface area (Å²) < 4.78 is 5.76. The molecule has 1 aromatic rings. The third kappa shape index (κ3) is 4.23. The van der Waals surface area contributed by atoms with Gasteiger partial charge >= 0.3 is 0 Å². The van der Waals surface area contributed by atoms with Crippen LogP contribution in [-0.4, -0.2) is 19.2 Å². The molecule has 90 valence electrons. The van der Waals surface area contributed by atoms with Gasteiger partial charge in [0.05, 0.1) is 0 Å². The third-order valence-electron chi connectivity index (χ3n) is 2.82. The third-order valence-corrected chi connectivity index (χ3v) is 2.82. The monoisotopic (exact) mass is 221 g/mol. The molecule has 0 bridgehead atoms. The molecule has 1 atom stereocenters. The Morgan fingerprint density at radius 1 is 1.25 bits per heavy atom. The van der Waals surface area contributed by atoms with Crippen LogP contribution in [0.15, 0.2) is 24.3 Å². The second-order valence-electron chi connectivity index (χ2n) is 4.07. The van der Waals surface area contributed by atoms with Crippen LogP contribution in [0, 0.1) is 0 Å². The molecule has 1 unspecified atom stereocenters. The number of rotatable bonds is 7. The van der Waals surface area contributed by atoms with Crippen molar-refractivity contribution in [3.8, 4) is 5.75 Å². The van der Waals surface area contributed by atoms with Crippen molar-refractivity contribution >= 4 is 0 Å². The van der Waals surface area contributed by atoms with Crippen LogP contribution < -0.4 is 10.1 Å². The normalized spacial score (nSPS) is 12.4. The summed E-state index contributed by atoms with van der Waals surface area (Å²) in [5.41, 5.74) is 1.28. The fraction of sp³-hybridized carbons (Fsp3) is 0.571. The maximum atomic E-state index is 5.76. The first kappa shape index (κ1) is 13.0. The summed E-state index contributed by atoms with van der Waals surface area (Å²) >= 11 is 0. The first-order valence-corrected chi connectivity index (χ1v) is 6.22. The number of nitrogens with one attached hydrogen (secondary N) is 1. The van der Waals surface area contributed by atoms with Gasteiger partial charge in [0.15, 0.2) is 0 Å². The lowest BCUT2D eigenvalue weighted by Crippen LogP contribution is -2.29. The molecule has 0 saturated heterocycles. The van der Waals surface area contributed by atoms with Crippen molar-refractivity contribution in [3.63, 3.8) is 0 Å². The van der Waals surface area contributed by atoms with E-state index in [2.05, 4.69) is 38.2 Å². The molecule has 0 radical (unpaired) electrons. The van der Waals surface area contributed by atoms with Gasteiger partial charge in [-0.15, -0.1) is 0 Å². The maximum absolute atomic E-state index is 5.76. The molecule has 1 aromatic carbocycles. The Kier molecular flexibility index (Phi) is 5.94. The number of para-hydroxylation sites is 1. The van der Waals surface area contributed by atoms with E-state index in [0.29, 0.717) is 6.04 Å². The summed E-state index contributed by atoms with van der Waals surface area (Å²) in [4.78, 5) is 0. The van der Waals surface area contributed by atoms with E-state index in [1.165, 1.54) is 5.56 Å². The average Bonchev–Trinajstić information content (AvgIpc) is 2.34. The molecule has 0 saturated carbocycles. The second kappa shape index (κ2) is 7.29. The summed E-state index contributed by atoms with van der Waals surface area (Å²) in [6.45, 7) is 8.18. The van der Waals surface area contributed by atoms with E-state index in [0.717, 1.165) is 31.7 Å². The minimum Gasteiger partial charge on any atom is -0.492 e. The summed E-state index contributed by atoms with van der Waals surface area (Å²) in [6.07, 6.45) is 2.18. The van der Waals surface area contributed by atoms with Crippen molar-refractivity contribution in [1.29, 1.82) is 0 Å². The van der Waals surface area contributed by atoms with E-state index < -0.39 is 0 Å². The fourth-order valence-electron chi connectivity index (χ4n) is 1.55. The maximum Gasteiger partial charge on any atom is 0.122 e. The van der Waals surface area contributed by atoms with Gasteiger partial charge in [-0.2, -0.15) is 0 Å². The number of hydrogen-bond acceptors (Lipinski definition) is 2. The number of benzene rings is 1. The van der Waals surface area contributed by atoms with Crippen LogP contribution in [0.5, 0.6) is 5.75 Å². The van der Waals surface area contributed by atoms with Gasteiger partial charge in [-0.05, 0) is 31.4 Å². The highest BCUT2D eigenvalue weighted by atomic mass is 16.5. The van der Waals surface area contributed by atoms with Crippen LogP contribution >= 0.6 is 0 Å². The van der Waals surface area contributed by atoms with Gasteiger partial charge in [0.1, 0.15) is 12.4 Å². The Morgan fingerprint density at radius 2 is 2.00 bits per heavy atom. The summed E-state index contributed by atoms with van der Waals surface area (Å²) in [5, 5.41) is 3.42. The SMILES string of the molecule is CCc1ccccc1OCCNC(C)CC. The fourth-order valence-corrected chi connectivity index (χ4v) is 1.55. The van der Waals surface area contributed by atoms with E-state index >= 15 is 0 Å². The topological polar surface area (TPSA) is 21.3 Å². The molecule has 0 spiro atoms. The molecular weight excluding hydrogens is 198 g/mol. The predicted octanol–water partition coefficient (Wildman–Crippen LogP) is 3.02. The van der Waals surface area contributed by atoms with Gasteiger partial charge in [0.2, 0.25) is 0 Å². The molecule has 0 amide bonds. The lowest BCUT2D eigenvalue weighted by Gasteiger charge is -2.13. The van der Waals surface area contributed by atoms with Crippen molar-refractivity contribution < 1.29 is 4.74 Å². The van der Waals surface area contributed by atoms with Crippen LogP contribution in [0.25, 0.3) is 0 Å². The van der Waals surface area contributed by atoms with Crippen LogP contribution in [0.1, 0.15) is 32.8 Å². The Hall–Kier alpha value is -1.02. The molecule has 0 aliphatic heterocycles. The van der Waals surface area contributed by atoms with Gasteiger partial charge in [-0.3, -0.25) is 0 Å². The summed E-state index contributed by atoms with van der Waals surface area (Å²) in [7, 11) is 0.